The summed E-state index contributed by atoms with van der Waals surface area (Å²) in [5.74, 6) is 0. The minimum atomic E-state index is 1.15. The Kier molecular flexibility index (Phi) is 1.10. The van der Waals surface area contributed by atoms with E-state index in [1.54, 1.807) is 11.3 Å². The average molecular weight is 172 g/mol. The summed E-state index contributed by atoms with van der Waals surface area (Å²) in [6.07, 6.45) is 3.95. The third kappa shape index (κ3) is 0.676. The van der Waals surface area contributed by atoms with Gasteiger partial charge in [0, 0.05) is 21.8 Å². The van der Waals surface area contributed by atoms with Crippen molar-refractivity contribution in [3.8, 4) is 0 Å². The molecule has 1 aliphatic rings. The van der Waals surface area contributed by atoms with Gasteiger partial charge in [-0.05, 0) is 12.1 Å². The number of nitrogens with zero attached hydrogens (tertiary/aromatic N) is 1. The number of fused-ring (bicyclic) bond motifs is 3. The van der Waals surface area contributed by atoms with Crippen molar-refractivity contribution in [2.45, 2.75) is 0 Å². The first-order chi connectivity index (χ1) is 5.95. The normalized spacial score (nSPS) is 13.3. The van der Waals surface area contributed by atoms with Gasteiger partial charge in [0.25, 0.3) is 0 Å². The number of benzene rings is 1. The van der Waals surface area contributed by atoms with Crippen molar-refractivity contribution >= 4 is 32.5 Å². The van der Waals surface area contributed by atoms with Crippen molar-refractivity contribution in [2.24, 2.45) is 0 Å². The molecule has 1 nitrogen and oxygen atoms in total. The summed E-state index contributed by atoms with van der Waals surface area (Å²) in [5.41, 5.74) is 1.29. The summed E-state index contributed by atoms with van der Waals surface area (Å²) in [4.78, 5) is 0. The van der Waals surface area contributed by atoms with E-state index >= 15 is 0 Å². The molecule has 0 saturated heterocycles. The topological polar surface area (TPSA) is 14.1 Å². The molecule has 0 aliphatic carbocycles. The van der Waals surface area contributed by atoms with Crippen LogP contribution in [-0.4, -0.2) is 0 Å². The maximum atomic E-state index is 4.27. The molecule has 0 unspecified atom stereocenters. The number of hydrogen-bond acceptors (Lipinski definition) is 1. The molecule has 1 aliphatic heterocycles. The highest BCUT2D eigenvalue weighted by atomic mass is 32.1. The van der Waals surface area contributed by atoms with Crippen molar-refractivity contribution in [3.05, 3.63) is 36.0 Å². The standard InChI is InChI=1S/C10H6NS/c1-2-4-9-7(3-1)8-5-6-11-10(8)12-9/h1-6H. The Morgan fingerprint density at radius 2 is 2.08 bits per heavy atom. The van der Waals surface area contributed by atoms with Gasteiger partial charge in [0.1, 0.15) is 5.00 Å². The van der Waals surface area contributed by atoms with Crippen LogP contribution in [0, 0.1) is 0 Å². The smallest absolute Gasteiger partial charge is 0.124 e. The second-order valence-electron chi connectivity index (χ2n) is 2.76. The second-order valence-corrected chi connectivity index (χ2v) is 3.79. The van der Waals surface area contributed by atoms with E-state index in [-0.39, 0.29) is 0 Å². The summed E-state index contributed by atoms with van der Waals surface area (Å²) in [5, 5.41) is 6.75. The Labute approximate surface area is 74.3 Å². The van der Waals surface area contributed by atoms with Gasteiger partial charge in [0.15, 0.2) is 0 Å². The zero-order valence-electron chi connectivity index (χ0n) is 6.32. The maximum Gasteiger partial charge on any atom is 0.124 e. The van der Waals surface area contributed by atoms with Gasteiger partial charge in [0.05, 0.1) is 0 Å². The SMILES string of the molecule is C1=Cc2c(sc3ccccc23)[N]1. The Morgan fingerprint density at radius 1 is 1.17 bits per heavy atom. The molecule has 1 aromatic carbocycles. The molecule has 2 aromatic rings. The Bertz CT molecular complexity index is 468. The fourth-order valence-electron chi connectivity index (χ4n) is 1.49. The van der Waals surface area contributed by atoms with E-state index in [0.29, 0.717) is 0 Å². The first kappa shape index (κ1) is 6.26. The van der Waals surface area contributed by atoms with E-state index < -0.39 is 0 Å². The molecule has 0 saturated carbocycles. The number of hydrogen-bond donors (Lipinski definition) is 0. The number of thiophene rings is 1. The molecular weight excluding hydrogens is 166 g/mol. The summed E-state index contributed by atoms with van der Waals surface area (Å²) < 4.78 is 1.33. The first-order valence-corrected chi connectivity index (χ1v) is 4.66. The van der Waals surface area contributed by atoms with Crippen LogP contribution in [0.4, 0.5) is 5.00 Å². The lowest BCUT2D eigenvalue weighted by Crippen LogP contribution is -1.72. The van der Waals surface area contributed by atoms with Crippen LogP contribution < -0.4 is 5.32 Å². The van der Waals surface area contributed by atoms with Crippen LogP contribution in [-0.2, 0) is 0 Å². The van der Waals surface area contributed by atoms with Gasteiger partial charge in [-0.2, -0.15) is 0 Å². The lowest BCUT2D eigenvalue weighted by molar-refractivity contribution is 1.26. The fraction of sp³-hybridized carbons (Fsp3) is 0. The van der Waals surface area contributed by atoms with Crippen LogP contribution >= 0.6 is 11.3 Å². The molecule has 0 bridgehead atoms. The fourth-order valence-corrected chi connectivity index (χ4v) is 2.53. The lowest BCUT2D eigenvalue weighted by Gasteiger charge is -1.87. The summed E-state index contributed by atoms with van der Waals surface area (Å²) in [6.45, 7) is 0. The highest BCUT2D eigenvalue weighted by Crippen LogP contribution is 2.39. The van der Waals surface area contributed by atoms with Gasteiger partial charge in [-0.3, -0.25) is 0 Å². The molecule has 0 spiro atoms. The third-order valence-electron chi connectivity index (χ3n) is 2.05. The molecule has 0 fully saturated rings. The highest BCUT2D eigenvalue weighted by Gasteiger charge is 2.12. The zero-order valence-corrected chi connectivity index (χ0v) is 7.14. The summed E-state index contributed by atoms with van der Waals surface area (Å²) >= 11 is 1.76. The van der Waals surface area contributed by atoms with E-state index in [1.165, 1.54) is 15.6 Å². The van der Waals surface area contributed by atoms with Gasteiger partial charge in [-0.1, -0.05) is 18.2 Å². The molecule has 2 heteroatoms. The van der Waals surface area contributed by atoms with Crippen molar-refractivity contribution in [1.29, 1.82) is 0 Å². The Morgan fingerprint density at radius 3 is 3.08 bits per heavy atom. The summed E-state index contributed by atoms with van der Waals surface area (Å²) in [7, 11) is 0. The van der Waals surface area contributed by atoms with E-state index in [1.807, 2.05) is 6.20 Å². The Balaban J connectivity index is 2.51. The van der Waals surface area contributed by atoms with Crippen molar-refractivity contribution in [1.82, 2.24) is 5.32 Å². The van der Waals surface area contributed by atoms with Crippen LogP contribution in [0.3, 0.4) is 0 Å². The second kappa shape index (κ2) is 2.11. The van der Waals surface area contributed by atoms with Crippen LogP contribution in [0.1, 0.15) is 5.56 Å². The van der Waals surface area contributed by atoms with Crippen molar-refractivity contribution in [2.75, 3.05) is 0 Å². The molecule has 0 N–H and O–H groups in total. The van der Waals surface area contributed by atoms with Crippen LogP contribution in [0.5, 0.6) is 0 Å². The van der Waals surface area contributed by atoms with Gasteiger partial charge >= 0.3 is 0 Å². The monoisotopic (exact) mass is 172 g/mol. The summed E-state index contributed by atoms with van der Waals surface area (Å²) in [6, 6.07) is 8.43. The van der Waals surface area contributed by atoms with E-state index in [4.69, 9.17) is 0 Å². The van der Waals surface area contributed by atoms with Crippen LogP contribution in [0.25, 0.3) is 16.2 Å². The minimum absolute atomic E-state index is 1.15. The van der Waals surface area contributed by atoms with Crippen molar-refractivity contribution < 1.29 is 0 Å². The highest BCUT2D eigenvalue weighted by molar-refractivity contribution is 7.23. The van der Waals surface area contributed by atoms with Gasteiger partial charge in [-0.25, -0.2) is 5.32 Å². The largest absolute Gasteiger partial charge is 0.245 e. The van der Waals surface area contributed by atoms with Gasteiger partial charge < -0.3 is 0 Å². The van der Waals surface area contributed by atoms with Gasteiger partial charge in [0.2, 0.25) is 0 Å². The molecule has 0 atom stereocenters. The Hall–Kier alpha value is -1.28. The van der Waals surface area contributed by atoms with Crippen molar-refractivity contribution in [3.63, 3.8) is 0 Å². The van der Waals surface area contributed by atoms with Crippen LogP contribution in [0.15, 0.2) is 30.5 Å². The lowest BCUT2D eigenvalue weighted by atomic mass is 10.2. The molecule has 0 amide bonds. The van der Waals surface area contributed by atoms with E-state index in [2.05, 4.69) is 35.7 Å². The average Bonchev–Trinajstić information content (AvgIpc) is 2.62. The minimum Gasteiger partial charge on any atom is -0.245 e. The van der Waals surface area contributed by atoms with Gasteiger partial charge in [-0.15, -0.1) is 11.3 Å². The predicted octanol–water partition coefficient (Wildman–Crippen LogP) is 3.12. The molecule has 2 heterocycles. The number of rotatable bonds is 0. The zero-order chi connectivity index (χ0) is 7.97. The first-order valence-electron chi connectivity index (χ1n) is 3.84. The molecule has 1 aromatic heterocycles. The molecular formula is C10H6NS. The van der Waals surface area contributed by atoms with E-state index in [0.717, 1.165) is 5.00 Å². The van der Waals surface area contributed by atoms with Crippen LogP contribution in [0.2, 0.25) is 0 Å². The maximum absolute atomic E-state index is 4.27. The molecule has 57 valence electrons. The predicted molar refractivity (Wildman–Crippen MR) is 52.7 cm³/mol. The quantitative estimate of drug-likeness (QED) is 0.579. The van der Waals surface area contributed by atoms with E-state index in [9.17, 15) is 0 Å². The molecule has 1 radical (unpaired) electrons. The molecule has 12 heavy (non-hydrogen) atoms. The molecule has 3 rings (SSSR count). The third-order valence-corrected chi connectivity index (χ3v) is 3.14.